The highest BCUT2D eigenvalue weighted by molar-refractivity contribution is 5.67. The van der Waals surface area contributed by atoms with Gasteiger partial charge in [-0.15, -0.1) is 0 Å². The van der Waals surface area contributed by atoms with E-state index in [1.54, 1.807) is 6.07 Å². The maximum absolute atomic E-state index is 9.24. The van der Waals surface area contributed by atoms with Gasteiger partial charge in [0.15, 0.2) is 5.82 Å². The molecule has 3 N–H and O–H groups in total. The number of benzene rings is 1. The predicted molar refractivity (Wildman–Crippen MR) is 81.0 cm³/mol. The molecule has 108 valence electrons. The molecule has 1 aromatic carbocycles. The van der Waals surface area contributed by atoms with Crippen LogP contribution in [0.2, 0.25) is 0 Å². The molecule has 2 rings (SSSR count). The largest absolute Gasteiger partial charge is 0.384 e. The molecule has 0 atom stereocenters. The van der Waals surface area contributed by atoms with Crippen molar-refractivity contribution in [2.45, 2.75) is 20.5 Å². The first kappa shape index (κ1) is 14.8. The Labute approximate surface area is 123 Å². The van der Waals surface area contributed by atoms with Crippen LogP contribution >= 0.6 is 0 Å². The van der Waals surface area contributed by atoms with Gasteiger partial charge in [0.1, 0.15) is 24.3 Å². The van der Waals surface area contributed by atoms with Crippen LogP contribution < -0.4 is 11.1 Å². The molecule has 0 aliphatic rings. The molecule has 0 unspecified atom stereocenters. The summed E-state index contributed by atoms with van der Waals surface area (Å²) in [5.41, 5.74) is 7.95. The van der Waals surface area contributed by atoms with E-state index < -0.39 is 0 Å². The molecule has 0 saturated carbocycles. The average molecular weight is 283 g/mol. The van der Waals surface area contributed by atoms with Crippen LogP contribution in [0, 0.1) is 18.3 Å². The van der Waals surface area contributed by atoms with E-state index >= 15 is 0 Å². The van der Waals surface area contributed by atoms with Gasteiger partial charge in [0.05, 0.1) is 11.3 Å². The number of rotatable bonds is 5. The minimum Gasteiger partial charge on any atom is -0.384 e. The second-order valence-corrected chi connectivity index (χ2v) is 4.47. The lowest BCUT2D eigenvalue weighted by Gasteiger charge is -2.11. The van der Waals surface area contributed by atoms with Crippen LogP contribution in [-0.2, 0) is 11.3 Å². The molecule has 21 heavy (non-hydrogen) atoms. The van der Waals surface area contributed by atoms with Crippen LogP contribution in [0.3, 0.4) is 0 Å². The van der Waals surface area contributed by atoms with Gasteiger partial charge < -0.3 is 15.8 Å². The maximum atomic E-state index is 9.24. The summed E-state index contributed by atoms with van der Waals surface area (Å²) >= 11 is 0. The van der Waals surface area contributed by atoms with Gasteiger partial charge in [0, 0.05) is 12.7 Å². The van der Waals surface area contributed by atoms with E-state index in [4.69, 9.17) is 10.5 Å². The lowest BCUT2D eigenvalue weighted by Crippen LogP contribution is -2.06. The number of nitrogens with zero attached hydrogens (tertiary/aromatic N) is 3. The standard InChI is InChI=1S/C15H17N5O/c1-3-21-9-15-19-13(17)7-14(20-15)18-12-6-4-5-10(2)11(12)8-16/h4-7H,3,9H2,1-2H3,(H3,17,18,19,20). The van der Waals surface area contributed by atoms with E-state index in [1.165, 1.54) is 0 Å². The third-order valence-corrected chi connectivity index (χ3v) is 2.87. The number of nitriles is 1. The molecule has 0 aliphatic carbocycles. The third-order valence-electron chi connectivity index (χ3n) is 2.87. The minimum atomic E-state index is 0.301. The van der Waals surface area contributed by atoms with E-state index in [1.807, 2.05) is 32.0 Å². The molecule has 0 radical (unpaired) electrons. The van der Waals surface area contributed by atoms with Gasteiger partial charge in [0.2, 0.25) is 0 Å². The molecule has 0 amide bonds. The smallest absolute Gasteiger partial charge is 0.158 e. The average Bonchev–Trinajstić information content (AvgIpc) is 2.45. The molecular formula is C15H17N5O. The van der Waals surface area contributed by atoms with Gasteiger partial charge in [-0.1, -0.05) is 12.1 Å². The summed E-state index contributed by atoms with van der Waals surface area (Å²) in [5, 5.41) is 12.3. The van der Waals surface area contributed by atoms with Crippen molar-refractivity contribution in [2.75, 3.05) is 17.7 Å². The molecule has 1 aromatic heterocycles. The molecule has 0 fully saturated rings. The number of nitrogens with one attached hydrogen (secondary N) is 1. The van der Waals surface area contributed by atoms with Crippen LogP contribution in [0.25, 0.3) is 0 Å². The summed E-state index contributed by atoms with van der Waals surface area (Å²) in [4.78, 5) is 8.44. The van der Waals surface area contributed by atoms with E-state index in [-0.39, 0.29) is 0 Å². The Balaban J connectivity index is 2.30. The predicted octanol–water partition coefficient (Wildman–Crippen LogP) is 2.52. The number of anilines is 3. The number of ether oxygens (including phenoxy) is 1. The van der Waals surface area contributed by atoms with Crippen molar-refractivity contribution < 1.29 is 4.74 Å². The Morgan fingerprint density at radius 3 is 2.90 bits per heavy atom. The summed E-state index contributed by atoms with van der Waals surface area (Å²) in [6.45, 7) is 4.67. The van der Waals surface area contributed by atoms with E-state index in [0.29, 0.717) is 41.9 Å². The Kier molecular flexibility index (Phi) is 4.69. The summed E-state index contributed by atoms with van der Waals surface area (Å²) in [7, 11) is 0. The van der Waals surface area contributed by atoms with Crippen molar-refractivity contribution in [3.8, 4) is 6.07 Å². The first-order valence-corrected chi connectivity index (χ1v) is 6.62. The second-order valence-electron chi connectivity index (χ2n) is 4.47. The molecule has 1 heterocycles. The van der Waals surface area contributed by atoms with E-state index in [2.05, 4.69) is 21.4 Å². The normalized spacial score (nSPS) is 10.1. The van der Waals surface area contributed by atoms with Crippen LogP contribution in [-0.4, -0.2) is 16.6 Å². The Hall–Kier alpha value is -2.65. The second kappa shape index (κ2) is 6.68. The monoisotopic (exact) mass is 283 g/mol. The highest BCUT2D eigenvalue weighted by atomic mass is 16.5. The quantitative estimate of drug-likeness (QED) is 0.875. The topological polar surface area (TPSA) is 96.9 Å². The SMILES string of the molecule is CCOCc1nc(N)cc(Nc2cccc(C)c2C#N)n1. The zero-order valence-corrected chi connectivity index (χ0v) is 12.1. The summed E-state index contributed by atoms with van der Waals surface area (Å²) < 4.78 is 5.28. The van der Waals surface area contributed by atoms with Crippen molar-refractivity contribution in [2.24, 2.45) is 0 Å². The van der Waals surface area contributed by atoms with Gasteiger partial charge >= 0.3 is 0 Å². The fourth-order valence-electron chi connectivity index (χ4n) is 1.90. The Bertz CT molecular complexity index is 678. The van der Waals surface area contributed by atoms with Gasteiger partial charge in [-0.3, -0.25) is 0 Å². The van der Waals surface area contributed by atoms with Crippen LogP contribution in [0.1, 0.15) is 23.9 Å². The third kappa shape index (κ3) is 3.68. The lowest BCUT2D eigenvalue weighted by molar-refractivity contribution is 0.128. The summed E-state index contributed by atoms with van der Waals surface area (Å²) in [6, 6.07) is 9.40. The van der Waals surface area contributed by atoms with Gasteiger partial charge in [-0.2, -0.15) is 5.26 Å². The fraction of sp³-hybridized carbons (Fsp3) is 0.267. The first-order valence-electron chi connectivity index (χ1n) is 6.62. The number of nitrogens with two attached hydrogens (primary N) is 1. The first-order chi connectivity index (χ1) is 10.1. The van der Waals surface area contributed by atoms with Crippen molar-refractivity contribution in [3.63, 3.8) is 0 Å². The zero-order valence-electron chi connectivity index (χ0n) is 12.1. The van der Waals surface area contributed by atoms with Crippen molar-refractivity contribution in [1.29, 1.82) is 5.26 Å². The van der Waals surface area contributed by atoms with Crippen molar-refractivity contribution in [1.82, 2.24) is 9.97 Å². The molecule has 0 bridgehead atoms. The molecular weight excluding hydrogens is 266 g/mol. The number of aromatic nitrogens is 2. The fourth-order valence-corrected chi connectivity index (χ4v) is 1.90. The molecule has 0 saturated heterocycles. The number of nitrogen functional groups attached to an aromatic ring is 1. The van der Waals surface area contributed by atoms with E-state index in [9.17, 15) is 5.26 Å². The lowest BCUT2D eigenvalue weighted by atomic mass is 10.1. The van der Waals surface area contributed by atoms with Crippen LogP contribution in [0.5, 0.6) is 0 Å². The van der Waals surface area contributed by atoms with Crippen LogP contribution in [0.4, 0.5) is 17.3 Å². The summed E-state index contributed by atoms with van der Waals surface area (Å²) in [5.74, 6) is 1.40. The molecule has 6 nitrogen and oxygen atoms in total. The number of hydrogen-bond donors (Lipinski definition) is 2. The highest BCUT2D eigenvalue weighted by Gasteiger charge is 2.08. The zero-order chi connectivity index (χ0) is 15.2. The minimum absolute atomic E-state index is 0.301. The van der Waals surface area contributed by atoms with E-state index in [0.717, 1.165) is 5.56 Å². The molecule has 6 heteroatoms. The van der Waals surface area contributed by atoms with Crippen molar-refractivity contribution in [3.05, 3.63) is 41.2 Å². The Morgan fingerprint density at radius 2 is 2.19 bits per heavy atom. The molecule has 0 spiro atoms. The van der Waals surface area contributed by atoms with Gasteiger partial charge in [0.25, 0.3) is 0 Å². The van der Waals surface area contributed by atoms with Crippen LogP contribution in [0.15, 0.2) is 24.3 Å². The maximum Gasteiger partial charge on any atom is 0.158 e. The number of aryl methyl sites for hydroxylation is 1. The highest BCUT2D eigenvalue weighted by Crippen LogP contribution is 2.22. The van der Waals surface area contributed by atoms with Gasteiger partial charge in [-0.05, 0) is 25.5 Å². The summed E-state index contributed by atoms with van der Waals surface area (Å²) in [6.07, 6.45) is 0. The van der Waals surface area contributed by atoms with Gasteiger partial charge in [-0.25, -0.2) is 9.97 Å². The Morgan fingerprint density at radius 1 is 1.38 bits per heavy atom. The number of hydrogen-bond acceptors (Lipinski definition) is 6. The van der Waals surface area contributed by atoms with Crippen molar-refractivity contribution >= 4 is 17.3 Å². The molecule has 0 aliphatic heterocycles. The molecule has 2 aromatic rings.